The zero-order valence-corrected chi connectivity index (χ0v) is 13.1. The van der Waals surface area contributed by atoms with Crippen molar-refractivity contribution in [1.82, 2.24) is 9.13 Å². The Labute approximate surface area is 123 Å². The fourth-order valence-electron chi connectivity index (χ4n) is 3.08. The van der Waals surface area contributed by atoms with Gasteiger partial charge in [0.25, 0.3) is 0 Å². The van der Waals surface area contributed by atoms with E-state index >= 15 is 0 Å². The number of nitrogens with one attached hydrogen (secondary N) is 1. The predicted molar refractivity (Wildman–Crippen MR) is 81.1 cm³/mol. The molecule has 19 heavy (non-hydrogen) atoms. The number of imidazole rings is 1. The molecule has 0 amide bonds. The molecule has 0 aromatic carbocycles. The summed E-state index contributed by atoms with van der Waals surface area (Å²) in [7, 11) is 2.01. The number of hydrogen-bond acceptors (Lipinski definition) is 2. The smallest absolute Gasteiger partial charge is 0.183 e. The summed E-state index contributed by atoms with van der Waals surface area (Å²) in [5.74, 6) is 0. The molecule has 0 radical (unpaired) electrons. The number of nitrogens with zero attached hydrogens (tertiary/aromatic N) is 2. The Morgan fingerprint density at radius 2 is 2.32 bits per heavy atom. The summed E-state index contributed by atoms with van der Waals surface area (Å²) < 4.78 is 5.12. The number of aromatic nitrogens is 2. The van der Waals surface area contributed by atoms with Gasteiger partial charge in [0.2, 0.25) is 0 Å². The molecule has 0 fully saturated rings. The maximum Gasteiger partial charge on any atom is 0.183 e. The standard InChI is InChI=1S/C14H19N3S2/c1-3-12-11-5-9-19-13(11)4-6-16(12)10-17-8-7-15(2)14(17)18/h5,7-9,12H,3-4,6,10H2,1-2H3/p+1/t12-/m0/s1. The fraction of sp³-hybridized carbons (Fsp3) is 0.500. The molecule has 1 aliphatic heterocycles. The van der Waals surface area contributed by atoms with Gasteiger partial charge < -0.3 is 9.47 Å². The number of hydrogen-bond donors (Lipinski definition) is 1. The predicted octanol–water partition coefficient (Wildman–Crippen LogP) is 2.17. The quantitative estimate of drug-likeness (QED) is 0.857. The van der Waals surface area contributed by atoms with E-state index in [0.717, 1.165) is 11.4 Å². The lowest BCUT2D eigenvalue weighted by molar-refractivity contribution is -0.955. The third-order valence-corrected chi connectivity index (χ3v) is 5.64. The highest BCUT2D eigenvalue weighted by Gasteiger charge is 2.30. The van der Waals surface area contributed by atoms with Crippen molar-refractivity contribution in [1.29, 1.82) is 0 Å². The monoisotopic (exact) mass is 294 g/mol. The minimum atomic E-state index is 0.622. The van der Waals surface area contributed by atoms with E-state index in [4.69, 9.17) is 12.2 Å². The molecule has 0 saturated carbocycles. The van der Waals surface area contributed by atoms with Crippen molar-refractivity contribution in [3.8, 4) is 0 Å². The molecule has 0 saturated heterocycles. The van der Waals surface area contributed by atoms with E-state index in [9.17, 15) is 0 Å². The number of fused-ring (bicyclic) bond motifs is 1. The second kappa shape index (κ2) is 5.23. The van der Waals surface area contributed by atoms with Crippen molar-refractivity contribution in [3.05, 3.63) is 39.1 Å². The molecule has 1 unspecified atom stereocenters. The first-order chi connectivity index (χ1) is 9.20. The summed E-state index contributed by atoms with van der Waals surface area (Å²) in [6, 6.07) is 2.94. The van der Waals surface area contributed by atoms with Gasteiger partial charge in [-0.1, -0.05) is 6.92 Å². The summed E-state index contributed by atoms with van der Waals surface area (Å²) in [4.78, 5) is 3.22. The van der Waals surface area contributed by atoms with E-state index in [1.54, 1.807) is 15.3 Å². The molecule has 0 bridgehead atoms. The van der Waals surface area contributed by atoms with Gasteiger partial charge in [0.15, 0.2) is 11.4 Å². The molecule has 2 aromatic rings. The summed E-state index contributed by atoms with van der Waals surface area (Å²) in [5, 5.41) is 2.24. The minimum absolute atomic E-state index is 0.622. The molecule has 2 aromatic heterocycles. The van der Waals surface area contributed by atoms with Gasteiger partial charge in [-0.25, -0.2) is 0 Å². The summed E-state index contributed by atoms with van der Waals surface area (Å²) in [6.45, 7) is 4.48. The van der Waals surface area contributed by atoms with Crippen molar-refractivity contribution in [2.45, 2.75) is 32.5 Å². The second-order valence-electron chi connectivity index (χ2n) is 5.24. The molecule has 5 heteroatoms. The lowest BCUT2D eigenvalue weighted by atomic mass is 9.98. The van der Waals surface area contributed by atoms with E-state index in [1.165, 1.54) is 19.4 Å². The molecular formula is C14H20N3S2+. The Kier molecular flexibility index (Phi) is 3.60. The molecule has 3 heterocycles. The average Bonchev–Trinajstić information content (AvgIpc) is 3.00. The van der Waals surface area contributed by atoms with Crippen molar-refractivity contribution in [2.75, 3.05) is 6.54 Å². The largest absolute Gasteiger partial charge is 0.327 e. The van der Waals surface area contributed by atoms with Crippen LogP contribution >= 0.6 is 23.6 Å². The zero-order valence-electron chi connectivity index (χ0n) is 11.4. The topological polar surface area (TPSA) is 14.3 Å². The lowest BCUT2D eigenvalue weighted by Crippen LogP contribution is -3.12. The van der Waals surface area contributed by atoms with Crippen LogP contribution < -0.4 is 4.90 Å². The lowest BCUT2D eigenvalue weighted by Gasteiger charge is -2.32. The maximum absolute atomic E-state index is 5.45. The first-order valence-electron chi connectivity index (χ1n) is 6.83. The number of quaternary nitrogens is 1. The minimum Gasteiger partial charge on any atom is -0.327 e. The SMILES string of the molecule is CC[C@H]1c2ccsc2CC[NH+]1Cn1ccn(C)c1=S. The summed E-state index contributed by atoms with van der Waals surface area (Å²) in [6.07, 6.45) is 6.55. The van der Waals surface area contributed by atoms with Crippen molar-refractivity contribution >= 4 is 23.6 Å². The van der Waals surface area contributed by atoms with E-state index in [2.05, 4.69) is 29.1 Å². The molecule has 0 aliphatic carbocycles. The van der Waals surface area contributed by atoms with Crippen LogP contribution in [0.25, 0.3) is 0 Å². The molecule has 1 N–H and O–H groups in total. The van der Waals surface area contributed by atoms with Crippen LogP contribution in [-0.2, 0) is 20.1 Å². The van der Waals surface area contributed by atoms with Crippen LogP contribution in [0.4, 0.5) is 0 Å². The van der Waals surface area contributed by atoms with Crippen molar-refractivity contribution in [3.63, 3.8) is 0 Å². The van der Waals surface area contributed by atoms with Crippen molar-refractivity contribution in [2.24, 2.45) is 7.05 Å². The second-order valence-corrected chi connectivity index (χ2v) is 6.60. The van der Waals surface area contributed by atoms with Gasteiger partial charge in [-0.3, -0.25) is 4.57 Å². The van der Waals surface area contributed by atoms with E-state index in [1.807, 2.05) is 29.1 Å². The fourth-order valence-corrected chi connectivity index (χ4v) is 4.21. The molecule has 3 rings (SSSR count). The Balaban J connectivity index is 1.86. The van der Waals surface area contributed by atoms with Gasteiger partial charge in [0.1, 0.15) is 6.04 Å². The normalized spacial score (nSPS) is 22.4. The van der Waals surface area contributed by atoms with E-state index in [0.29, 0.717) is 6.04 Å². The Bertz CT molecular complexity index is 623. The van der Waals surface area contributed by atoms with Gasteiger partial charge >= 0.3 is 0 Å². The molecular weight excluding hydrogens is 274 g/mol. The van der Waals surface area contributed by atoms with Crippen LogP contribution in [0.3, 0.4) is 0 Å². The van der Waals surface area contributed by atoms with Gasteiger partial charge in [-0.05, 0) is 23.7 Å². The maximum atomic E-state index is 5.45. The summed E-state index contributed by atoms with van der Waals surface area (Å²) in [5.41, 5.74) is 1.57. The van der Waals surface area contributed by atoms with Crippen LogP contribution in [0.5, 0.6) is 0 Å². The van der Waals surface area contributed by atoms with Gasteiger partial charge in [-0.2, -0.15) is 0 Å². The Hall–Kier alpha value is -0.910. The van der Waals surface area contributed by atoms with E-state index in [-0.39, 0.29) is 0 Å². The average molecular weight is 294 g/mol. The van der Waals surface area contributed by atoms with Crippen LogP contribution in [-0.4, -0.2) is 15.7 Å². The number of thiophene rings is 1. The Morgan fingerprint density at radius 3 is 3.00 bits per heavy atom. The Morgan fingerprint density at radius 1 is 1.47 bits per heavy atom. The van der Waals surface area contributed by atoms with E-state index < -0.39 is 0 Å². The highest BCUT2D eigenvalue weighted by atomic mass is 32.1. The van der Waals surface area contributed by atoms with Gasteiger partial charge in [0.05, 0.1) is 6.54 Å². The first-order valence-corrected chi connectivity index (χ1v) is 8.12. The van der Waals surface area contributed by atoms with Crippen LogP contribution in [0.15, 0.2) is 23.8 Å². The molecule has 0 spiro atoms. The highest BCUT2D eigenvalue weighted by molar-refractivity contribution is 7.71. The first kappa shape index (κ1) is 13.1. The van der Waals surface area contributed by atoms with Crippen LogP contribution in [0.1, 0.15) is 29.8 Å². The molecule has 3 nitrogen and oxygen atoms in total. The van der Waals surface area contributed by atoms with Gasteiger partial charge in [0, 0.05) is 42.7 Å². The third kappa shape index (κ3) is 2.30. The highest BCUT2D eigenvalue weighted by Crippen LogP contribution is 2.26. The van der Waals surface area contributed by atoms with Crippen LogP contribution in [0.2, 0.25) is 0 Å². The van der Waals surface area contributed by atoms with Crippen LogP contribution in [0, 0.1) is 4.77 Å². The van der Waals surface area contributed by atoms with Gasteiger partial charge in [-0.15, -0.1) is 11.3 Å². The molecule has 102 valence electrons. The zero-order chi connectivity index (χ0) is 13.4. The summed E-state index contributed by atoms with van der Waals surface area (Å²) >= 11 is 7.36. The molecule has 2 atom stereocenters. The number of rotatable bonds is 3. The van der Waals surface area contributed by atoms with Crippen molar-refractivity contribution < 1.29 is 4.90 Å². The third-order valence-electron chi connectivity index (χ3n) is 4.12. The molecule has 1 aliphatic rings. The number of aryl methyl sites for hydroxylation is 1.